The first kappa shape index (κ1) is 9.73. The molecule has 0 radical (unpaired) electrons. The summed E-state index contributed by atoms with van der Waals surface area (Å²) in [5.41, 5.74) is 8.19. The second-order valence-electron chi connectivity index (χ2n) is 2.86. The topological polar surface area (TPSA) is 41.3 Å². The summed E-state index contributed by atoms with van der Waals surface area (Å²) >= 11 is 0. The molecule has 0 amide bonds. The average molecular weight is 187 g/mol. The Morgan fingerprint density at radius 3 is 2.46 bits per heavy atom. The fourth-order valence-corrected chi connectivity index (χ4v) is 0.918. The molecule has 3 N–H and O–H groups in total. The molecule has 0 unspecified atom stereocenters. The summed E-state index contributed by atoms with van der Waals surface area (Å²) < 4.78 is 25.6. The summed E-state index contributed by atoms with van der Waals surface area (Å²) in [4.78, 5) is 0. The molecule has 5 heteroatoms. The lowest BCUT2D eigenvalue weighted by molar-refractivity contribution is 0.493. The van der Waals surface area contributed by atoms with E-state index in [9.17, 15) is 8.78 Å². The lowest BCUT2D eigenvalue weighted by Crippen LogP contribution is -2.20. The van der Waals surface area contributed by atoms with Gasteiger partial charge in [-0.05, 0) is 0 Å². The fourth-order valence-electron chi connectivity index (χ4n) is 0.918. The number of nitrogens with one attached hydrogen (secondary N) is 1. The number of nitrogens with zero attached hydrogens (tertiary/aromatic N) is 1. The second kappa shape index (κ2) is 3.57. The smallest absolute Gasteiger partial charge is 0.151 e. The Morgan fingerprint density at radius 1 is 1.31 bits per heavy atom. The van der Waals surface area contributed by atoms with Gasteiger partial charge in [0.25, 0.3) is 0 Å². The van der Waals surface area contributed by atoms with E-state index in [-0.39, 0.29) is 11.4 Å². The molecule has 0 aromatic heterocycles. The van der Waals surface area contributed by atoms with E-state index in [1.54, 1.807) is 19.1 Å². The van der Waals surface area contributed by atoms with Crippen molar-refractivity contribution in [3.05, 3.63) is 23.8 Å². The van der Waals surface area contributed by atoms with Crippen LogP contribution in [0.1, 0.15) is 0 Å². The van der Waals surface area contributed by atoms with Crippen LogP contribution in [0.25, 0.3) is 0 Å². The first-order valence-corrected chi connectivity index (χ1v) is 3.69. The van der Waals surface area contributed by atoms with Gasteiger partial charge < -0.3 is 11.2 Å². The Kier molecular flexibility index (Phi) is 2.67. The zero-order valence-corrected chi connectivity index (χ0v) is 7.44. The zero-order chi connectivity index (χ0) is 10.0. The van der Waals surface area contributed by atoms with Crippen molar-refractivity contribution in [2.75, 3.05) is 25.3 Å². The molecule has 1 rings (SSSR count). The Morgan fingerprint density at radius 2 is 1.92 bits per heavy atom. The number of hydrogen-bond donors (Lipinski definition) is 2. The van der Waals surface area contributed by atoms with Crippen molar-refractivity contribution in [1.82, 2.24) is 5.01 Å². The predicted octanol–water partition coefficient (Wildman–Crippen LogP) is 1.44. The van der Waals surface area contributed by atoms with Gasteiger partial charge in [-0.2, -0.15) is 0 Å². The second-order valence-corrected chi connectivity index (χ2v) is 2.86. The largest absolute Gasteiger partial charge is 0.395 e. The molecular weight excluding hydrogens is 176 g/mol. The molecule has 0 bridgehead atoms. The van der Waals surface area contributed by atoms with Gasteiger partial charge in [-0.25, -0.2) is 13.8 Å². The summed E-state index contributed by atoms with van der Waals surface area (Å²) in [7, 11) is 3.39. The van der Waals surface area contributed by atoms with Crippen molar-refractivity contribution in [2.45, 2.75) is 0 Å². The van der Waals surface area contributed by atoms with E-state index in [4.69, 9.17) is 5.73 Å². The molecule has 0 saturated heterocycles. The first-order valence-electron chi connectivity index (χ1n) is 3.69. The van der Waals surface area contributed by atoms with Gasteiger partial charge in [0.05, 0.1) is 11.4 Å². The molecular formula is C8H11F2N3. The molecule has 0 aliphatic carbocycles. The van der Waals surface area contributed by atoms with Crippen LogP contribution >= 0.6 is 0 Å². The molecule has 1 aromatic rings. The third kappa shape index (κ3) is 2.29. The average Bonchev–Trinajstić information content (AvgIpc) is 1.98. The zero-order valence-electron chi connectivity index (χ0n) is 7.44. The number of hydrogen-bond acceptors (Lipinski definition) is 3. The molecule has 0 aliphatic rings. The van der Waals surface area contributed by atoms with Gasteiger partial charge in [0.2, 0.25) is 0 Å². The van der Waals surface area contributed by atoms with Crippen molar-refractivity contribution in [2.24, 2.45) is 0 Å². The number of nitrogens with two attached hydrogens (primary N) is 1. The van der Waals surface area contributed by atoms with Crippen LogP contribution in [0.2, 0.25) is 0 Å². The van der Waals surface area contributed by atoms with Crippen molar-refractivity contribution >= 4 is 11.4 Å². The quantitative estimate of drug-likeness (QED) is 0.543. The summed E-state index contributed by atoms with van der Waals surface area (Å²) in [5, 5.41) is 1.55. The molecule has 1 aromatic carbocycles. The van der Waals surface area contributed by atoms with E-state index < -0.39 is 11.6 Å². The lowest BCUT2D eigenvalue weighted by Gasteiger charge is -2.15. The molecule has 0 atom stereocenters. The van der Waals surface area contributed by atoms with Crippen LogP contribution in [0.3, 0.4) is 0 Å². The highest BCUT2D eigenvalue weighted by Gasteiger charge is 2.07. The van der Waals surface area contributed by atoms with Crippen molar-refractivity contribution < 1.29 is 8.78 Å². The first-order chi connectivity index (χ1) is 6.00. The van der Waals surface area contributed by atoms with E-state index in [0.717, 1.165) is 12.1 Å². The van der Waals surface area contributed by atoms with E-state index in [1.165, 1.54) is 0 Å². The van der Waals surface area contributed by atoms with E-state index >= 15 is 0 Å². The Labute approximate surface area is 75.1 Å². The monoisotopic (exact) mass is 187 g/mol. The standard InChI is InChI=1S/C8H11F2N3/c1-13(2)12-7-4-5(9)3-6(10)8(7)11/h3-4,12H,11H2,1-2H3. The maximum atomic E-state index is 12.9. The fraction of sp³-hybridized carbons (Fsp3) is 0.250. The number of anilines is 2. The van der Waals surface area contributed by atoms with Crippen LogP contribution in [0.5, 0.6) is 0 Å². The normalized spacial score (nSPS) is 10.5. The van der Waals surface area contributed by atoms with E-state index in [1.807, 2.05) is 0 Å². The molecule has 0 fully saturated rings. The molecule has 13 heavy (non-hydrogen) atoms. The summed E-state index contributed by atoms with van der Waals surface area (Å²) in [6.45, 7) is 0. The molecule has 0 heterocycles. The van der Waals surface area contributed by atoms with Crippen LogP contribution in [0, 0.1) is 11.6 Å². The SMILES string of the molecule is CN(C)Nc1cc(F)cc(F)c1N. The minimum absolute atomic E-state index is 0.0879. The van der Waals surface area contributed by atoms with Gasteiger partial charge in [0.1, 0.15) is 5.82 Å². The Balaban J connectivity index is 3.05. The Hall–Kier alpha value is -1.36. The highest BCUT2D eigenvalue weighted by Crippen LogP contribution is 2.23. The highest BCUT2D eigenvalue weighted by atomic mass is 19.1. The summed E-state index contributed by atoms with van der Waals surface area (Å²) in [6.07, 6.45) is 0. The minimum atomic E-state index is -0.760. The third-order valence-electron chi connectivity index (χ3n) is 1.44. The third-order valence-corrected chi connectivity index (χ3v) is 1.44. The van der Waals surface area contributed by atoms with Crippen LogP contribution in [0.4, 0.5) is 20.2 Å². The minimum Gasteiger partial charge on any atom is -0.395 e. The molecule has 0 aliphatic heterocycles. The number of benzene rings is 1. The molecule has 0 saturated carbocycles. The van der Waals surface area contributed by atoms with Crippen LogP contribution in [0.15, 0.2) is 12.1 Å². The van der Waals surface area contributed by atoms with Crippen LogP contribution in [-0.2, 0) is 0 Å². The number of rotatable bonds is 2. The van der Waals surface area contributed by atoms with Gasteiger partial charge in [-0.3, -0.25) is 0 Å². The van der Waals surface area contributed by atoms with Crippen molar-refractivity contribution in [3.63, 3.8) is 0 Å². The van der Waals surface area contributed by atoms with E-state index in [2.05, 4.69) is 5.43 Å². The Bertz CT molecular complexity index is 313. The maximum Gasteiger partial charge on any atom is 0.151 e. The maximum absolute atomic E-state index is 12.9. The number of halogens is 2. The molecule has 0 spiro atoms. The van der Waals surface area contributed by atoms with Gasteiger partial charge in [-0.15, -0.1) is 0 Å². The van der Waals surface area contributed by atoms with Gasteiger partial charge >= 0.3 is 0 Å². The van der Waals surface area contributed by atoms with Gasteiger partial charge in [0, 0.05) is 26.2 Å². The predicted molar refractivity (Wildman–Crippen MR) is 48.1 cm³/mol. The summed E-state index contributed by atoms with van der Waals surface area (Å²) in [6, 6.07) is 1.88. The van der Waals surface area contributed by atoms with Crippen LogP contribution < -0.4 is 11.2 Å². The van der Waals surface area contributed by atoms with Crippen LogP contribution in [-0.4, -0.2) is 19.1 Å². The van der Waals surface area contributed by atoms with Crippen molar-refractivity contribution in [1.29, 1.82) is 0 Å². The van der Waals surface area contributed by atoms with Crippen molar-refractivity contribution in [3.8, 4) is 0 Å². The van der Waals surface area contributed by atoms with Gasteiger partial charge in [0.15, 0.2) is 5.82 Å². The summed E-state index contributed by atoms with van der Waals surface area (Å²) in [5.74, 6) is -1.42. The lowest BCUT2D eigenvalue weighted by atomic mass is 10.2. The van der Waals surface area contributed by atoms with E-state index in [0.29, 0.717) is 0 Å². The number of hydrazine groups is 1. The number of nitrogen functional groups attached to an aromatic ring is 1. The van der Waals surface area contributed by atoms with Gasteiger partial charge in [-0.1, -0.05) is 0 Å². The molecule has 3 nitrogen and oxygen atoms in total. The highest BCUT2D eigenvalue weighted by molar-refractivity contribution is 5.66. The molecule has 72 valence electrons.